The lowest BCUT2D eigenvalue weighted by Gasteiger charge is -1.96. The van der Waals surface area contributed by atoms with E-state index in [0.717, 1.165) is 43.2 Å². The number of fused-ring (bicyclic) bond motifs is 1. The minimum Gasteiger partial charge on any atom is -0.282 e. The summed E-state index contributed by atoms with van der Waals surface area (Å²) in [6.45, 7) is 2.08. The van der Waals surface area contributed by atoms with E-state index in [2.05, 4.69) is 57.5 Å². The van der Waals surface area contributed by atoms with Crippen LogP contribution in [0, 0.1) is 6.92 Å². The number of imidazole rings is 1. The topological polar surface area (TPSA) is 58.9 Å². The third-order valence-corrected chi connectivity index (χ3v) is 5.72. The summed E-state index contributed by atoms with van der Waals surface area (Å²) in [4.78, 5) is 5.56. The van der Waals surface area contributed by atoms with Crippen molar-refractivity contribution in [1.29, 1.82) is 0 Å². The Morgan fingerprint density at radius 1 is 1.00 bits per heavy atom. The maximum absolute atomic E-state index is 5.96. The average molecular weight is 406 g/mol. The molecule has 0 radical (unpaired) electrons. The summed E-state index contributed by atoms with van der Waals surface area (Å²) in [6, 6.07) is 18.1. The molecule has 3 heterocycles. The number of aromatic nitrogens is 5. The third-order valence-electron chi connectivity index (χ3n) is 4.54. The van der Waals surface area contributed by atoms with E-state index >= 15 is 0 Å². The number of benzene rings is 2. The molecule has 0 aliphatic carbocycles. The Labute approximate surface area is 170 Å². The highest BCUT2D eigenvalue weighted by atomic mass is 35.5. The van der Waals surface area contributed by atoms with Gasteiger partial charge < -0.3 is 0 Å². The number of H-pyrrole nitrogens is 1. The van der Waals surface area contributed by atoms with E-state index in [9.17, 15) is 0 Å². The number of rotatable bonds is 4. The van der Waals surface area contributed by atoms with Crippen LogP contribution in [0.3, 0.4) is 0 Å². The van der Waals surface area contributed by atoms with Crippen molar-refractivity contribution in [2.75, 3.05) is 0 Å². The normalized spacial score (nSPS) is 11.4. The van der Waals surface area contributed by atoms with E-state index in [-0.39, 0.29) is 0 Å². The molecule has 3 aromatic heterocycles. The number of hydrogen-bond donors (Lipinski definition) is 1. The molecule has 0 saturated heterocycles. The van der Waals surface area contributed by atoms with Gasteiger partial charge in [-0.25, -0.2) is 9.50 Å². The predicted molar refractivity (Wildman–Crippen MR) is 113 cm³/mol. The minimum atomic E-state index is 0.698. The van der Waals surface area contributed by atoms with Crippen LogP contribution >= 0.6 is 22.9 Å². The van der Waals surface area contributed by atoms with E-state index in [1.54, 1.807) is 11.3 Å². The minimum absolute atomic E-state index is 0.698. The Morgan fingerprint density at radius 2 is 1.71 bits per heavy atom. The Kier molecular flexibility index (Phi) is 4.22. The van der Waals surface area contributed by atoms with Gasteiger partial charge in [-0.2, -0.15) is 10.2 Å². The van der Waals surface area contributed by atoms with Gasteiger partial charge >= 0.3 is 0 Å². The molecular weight excluding hydrogens is 390 g/mol. The highest BCUT2D eigenvalue weighted by Gasteiger charge is 2.12. The second-order valence-electron chi connectivity index (χ2n) is 6.68. The largest absolute Gasteiger partial charge is 0.282 e. The molecule has 0 bridgehead atoms. The lowest BCUT2D eigenvalue weighted by Crippen LogP contribution is -1.89. The van der Waals surface area contributed by atoms with E-state index < -0.39 is 0 Å². The highest BCUT2D eigenvalue weighted by molar-refractivity contribution is 7.16. The second-order valence-corrected chi connectivity index (χ2v) is 8.15. The summed E-state index contributed by atoms with van der Waals surface area (Å²) in [6.07, 6.45) is 2.65. The molecule has 0 aliphatic heterocycles. The fourth-order valence-electron chi connectivity index (χ4n) is 3.06. The molecule has 5 aromatic rings. The lowest BCUT2D eigenvalue weighted by molar-refractivity contribution is 0.902. The lowest BCUT2D eigenvalue weighted by atomic mass is 10.1. The van der Waals surface area contributed by atoms with Crippen LogP contribution in [0.25, 0.3) is 27.5 Å². The molecular formula is C21H16ClN5S. The number of aryl methyl sites for hydroxylation is 1. The van der Waals surface area contributed by atoms with E-state index in [1.807, 2.05) is 35.0 Å². The van der Waals surface area contributed by atoms with Crippen molar-refractivity contribution in [3.8, 4) is 22.5 Å². The molecule has 5 rings (SSSR count). The van der Waals surface area contributed by atoms with Gasteiger partial charge in [0.25, 0.3) is 0 Å². The van der Waals surface area contributed by atoms with Crippen molar-refractivity contribution < 1.29 is 0 Å². The van der Waals surface area contributed by atoms with E-state index in [0.29, 0.717) is 6.42 Å². The van der Waals surface area contributed by atoms with Crippen molar-refractivity contribution in [3.05, 3.63) is 82.1 Å². The van der Waals surface area contributed by atoms with Crippen LogP contribution in [0.5, 0.6) is 0 Å². The first-order valence-corrected chi connectivity index (χ1v) is 10.1. The predicted octanol–water partition coefficient (Wildman–Crippen LogP) is 5.40. The van der Waals surface area contributed by atoms with E-state index in [1.165, 1.54) is 5.56 Å². The van der Waals surface area contributed by atoms with Crippen LogP contribution in [-0.2, 0) is 6.42 Å². The highest BCUT2D eigenvalue weighted by Crippen LogP contribution is 2.25. The number of halogens is 1. The molecule has 0 saturated carbocycles. The Bertz CT molecular complexity index is 1220. The number of nitrogens with one attached hydrogen (secondary N) is 1. The zero-order valence-corrected chi connectivity index (χ0v) is 16.6. The van der Waals surface area contributed by atoms with Crippen LogP contribution in [0.1, 0.15) is 16.3 Å². The van der Waals surface area contributed by atoms with Gasteiger partial charge in [0, 0.05) is 28.3 Å². The zero-order valence-electron chi connectivity index (χ0n) is 15.1. The van der Waals surface area contributed by atoms with Crippen LogP contribution in [0.4, 0.5) is 0 Å². The molecule has 2 aromatic carbocycles. The van der Waals surface area contributed by atoms with Crippen molar-refractivity contribution in [2.45, 2.75) is 13.3 Å². The SMILES string of the molecule is Cc1ccc(-c2cc(Cc3nn4cc(-c5ccc(Cl)cc5)nc4s3)[nH]n2)cc1. The molecule has 0 fully saturated rings. The summed E-state index contributed by atoms with van der Waals surface area (Å²) in [5.74, 6) is 0. The average Bonchev–Trinajstić information content (AvgIpc) is 3.38. The third kappa shape index (κ3) is 3.32. The summed E-state index contributed by atoms with van der Waals surface area (Å²) in [7, 11) is 0. The van der Waals surface area contributed by atoms with Crippen molar-refractivity contribution in [3.63, 3.8) is 0 Å². The summed E-state index contributed by atoms with van der Waals surface area (Å²) >= 11 is 7.54. The molecule has 0 atom stereocenters. The molecule has 0 amide bonds. The van der Waals surface area contributed by atoms with Gasteiger partial charge in [0.15, 0.2) is 0 Å². The van der Waals surface area contributed by atoms with Crippen LogP contribution < -0.4 is 0 Å². The van der Waals surface area contributed by atoms with Gasteiger partial charge in [0.1, 0.15) is 5.01 Å². The number of hydrogen-bond acceptors (Lipinski definition) is 4. The maximum atomic E-state index is 5.96. The molecule has 0 aliphatic rings. The van der Waals surface area contributed by atoms with E-state index in [4.69, 9.17) is 11.6 Å². The fourth-order valence-corrected chi connectivity index (χ4v) is 4.08. The first-order chi connectivity index (χ1) is 13.6. The Hall–Kier alpha value is -2.96. The van der Waals surface area contributed by atoms with Crippen molar-refractivity contribution >= 4 is 27.9 Å². The molecule has 1 N–H and O–H groups in total. The zero-order chi connectivity index (χ0) is 19.1. The second kappa shape index (κ2) is 6.89. The number of nitrogens with zero attached hydrogens (tertiary/aromatic N) is 4. The molecule has 0 unspecified atom stereocenters. The first kappa shape index (κ1) is 17.2. The van der Waals surface area contributed by atoms with Gasteiger partial charge in [-0.3, -0.25) is 5.10 Å². The van der Waals surface area contributed by atoms with Crippen LogP contribution in [-0.4, -0.2) is 24.8 Å². The smallest absolute Gasteiger partial charge is 0.212 e. The van der Waals surface area contributed by atoms with Crippen LogP contribution in [0.15, 0.2) is 60.8 Å². The Balaban J connectivity index is 1.36. The Morgan fingerprint density at radius 3 is 2.46 bits per heavy atom. The van der Waals surface area contributed by atoms with Gasteiger partial charge in [0.05, 0.1) is 17.6 Å². The quantitative estimate of drug-likeness (QED) is 0.435. The molecule has 28 heavy (non-hydrogen) atoms. The summed E-state index contributed by atoms with van der Waals surface area (Å²) in [5, 5.41) is 13.9. The molecule has 7 heteroatoms. The summed E-state index contributed by atoms with van der Waals surface area (Å²) in [5.41, 5.74) is 6.25. The van der Waals surface area contributed by atoms with Crippen molar-refractivity contribution in [2.24, 2.45) is 0 Å². The van der Waals surface area contributed by atoms with Gasteiger partial charge in [-0.05, 0) is 25.1 Å². The first-order valence-electron chi connectivity index (χ1n) is 8.86. The number of aromatic amines is 1. The molecule has 5 nitrogen and oxygen atoms in total. The maximum Gasteiger partial charge on any atom is 0.212 e. The molecule has 138 valence electrons. The van der Waals surface area contributed by atoms with Gasteiger partial charge in [-0.15, -0.1) is 0 Å². The van der Waals surface area contributed by atoms with Crippen molar-refractivity contribution in [1.82, 2.24) is 24.8 Å². The monoisotopic (exact) mass is 405 g/mol. The fraction of sp³-hybridized carbons (Fsp3) is 0.0952. The van der Waals surface area contributed by atoms with Crippen LogP contribution in [0.2, 0.25) is 5.02 Å². The van der Waals surface area contributed by atoms with Gasteiger partial charge in [-0.1, -0.05) is 64.9 Å². The van der Waals surface area contributed by atoms with Gasteiger partial charge in [0.2, 0.25) is 4.96 Å². The standard InChI is InChI=1S/C21H16ClN5S/c1-13-2-4-14(5-3-13)18-10-17(24-25-18)11-20-26-27-12-19(23-21(27)28-20)15-6-8-16(22)9-7-15/h2-10,12H,11H2,1H3,(H,24,25). The molecule has 0 spiro atoms. The summed E-state index contributed by atoms with van der Waals surface area (Å²) < 4.78 is 1.83.